The van der Waals surface area contributed by atoms with Gasteiger partial charge in [0.25, 0.3) is 0 Å². The van der Waals surface area contributed by atoms with Crippen LogP contribution in [0, 0.1) is 24.7 Å². The highest BCUT2D eigenvalue weighted by Crippen LogP contribution is 2.20. The van der Waals surface area contributed by atoms with Crippen molar-refractivity contribution in [1.29, 1.82) is 0 Å². The number of likely N-dealkylation sites (N-methyl/N-ethyl adjacent to an activating group) is 1. The molecule has 6 nitrogen and oxygen atoms in total. The van der Waals surface area contributed by atoms with Crippen LogP contribution in [0.1, 0.15) is 37.6 Å². The maximum atomic E-state index is 12.2. The van der Waals surface area contributed by atoms with Gasteiger partial charge < -0.3 is 10.6 Å². The zero-order valence-electron chi connectivity index (χ0n) is 15.0. The van der Waals surface area contributed by atoms with Gasteiger partial charge in [0.05, 0.1) is 11.6 Å². The fraction of sp³-hybridized carbons (Fsp3) is 0.611. The van der Waals surface area contributed by atoms with E-state index in [-0.39, 0.29) is 11.9 Å². The van der Waals surface area contributed by atoms with Crippen molar-refractivity contribution in [3.05, 3.63) is 17.6 Å². The number of aryl methyl sites for hydroxylation is 1. The average Bonchev–Trinajstić information content (AvgIpc) is 2.90. The quantitative estimate of drug-likeness (QED) is 0.631. The first kappa shape index (κ1) is 18.2. The van der Waals surface area contributed by atoms with E-state index in [4.69, 9.17) is 0 Å². The highest BCUT2D eigenvalue weighted by Gasteiger charge is 2.31. The molecule has 24 heavy (non-hydrogen) atoms. The van der Waals surface area contributed by atoms with Gasteiger partial charge >= 0.3 is 0 Å². The highest BCUT2D eigenvalue weighted by atomic mass is 16.2. The Bertz CT molecular complexity index is 634. The molecule has 0 radical (unpaired) electrons. The number of nitrogens with one attached hydrogen (secondary N) is 2. The van der Waals surface area contributed by atoms with Gasteiger partial charge in [-0.25, -0.2) is 9.97 Å². The number of rotatable bonds is 5. The van der Waals surface area contributed by atoms with Crippen LogP contribution in [0.5, 0.6) is 0 Å². The summed E-state index contributed by atoms with van der Waals surface area (Å²) in [6.07, 6.45) is 4.25. The molecule has 2 atom stereocenters. The zero-order valence-corrected chi connectivity index (χ0v) is 15.0. The standard InChI is InChI=1S/C18H27N5O/c1-13-10-16(23(4)12-13)18(24)20-9-7-5-6-8-15-11-21-14(2)22-17(15)19-3/h11,13,16H,5,7,9-10,12H2,1-4H3,(H,20,24)(H,19,21,22)/t13-,16?/m0/s1. The topological polar surface area (TPSA) is 70.1 Å². The summed E-state index contributed by atoms with van der Waals surface area (Å²) in [5, 5.41) is 6.05. The Morgan fingerprint density at radius 1 is 1.50 bits per heavy atom. The van der Waals surface area contributed by atoms with Crippen LogP contribution in [0.4, 0.5) is 5.82 Å². The first-order chi connectivity index (χ1) is 11.5. The molecule has 1 amide bonds. The van der Waals surface area contributed by atoms with Gasteiger partial charge in [-0.1, -0.05) is 18.8 Å². The predicted molar refractivity (Wildman–Crippen MR) is 95.6 cm³/mol. The molecular weight excluding hydrogens is 302 g/mol. The second-order valence-corrected chi connectivity index (χ2v) is 6.42. The third-order valence-electron chi connectivity index (χ3n) is 4.21. The molecule has 1 fully saturated rings. The number of carbonyl (C=O) groups excluding carboxylic acids is 1. The van der Waals surface area contributed by atoms with E-state index in [0.29, 0.717) is 12.5 Å². The van der Waals surface area contributed by atoms with Crippen LogP contribution in [-0.4, -0.2) is 54.0 Å². The minimum absolute atomic E-state index is 0.0222. The minimum Gasteiger partial charge on any atom is -0.372 e. The number of likely N-dealkylation sites (tertiary alicyclic amines) is 1. The van der Waals surface area contributed by atoms with Crippen molar-refractivity contribution in [3.63, 3.8) is 0 Å². The van der Waals surface area contributed by atoms with E-state index in [9.17, 15) is 4.79 Å². The Kier molecular flexibility index (Phi) is 6.56. The van der Waals surface area contributed by atoms with Crippen LogP contribution in [0.2, 0.25) is 0 Å². The van der Waals surface area contributed by atoms with Crippen LogP contribution in [0.15, 0.2) is 6.20 Å². The van der Waals surface area contributed by atoms with E-state index in [1.807, 2.05) is 21.0 Å². The van der Waals surface area contributed by atoms with Gasteiger partial charge in [-0.05, 0) is 32.7 Å². The summed E-state index contributed by atoms with van der Waals surface area (Å²) in [6, 6.07) is 0.0222. The number of hydrogen-bond donors (Lipinski definition) is 2. The summed E-state index contributed by atoms with van der Waals surface area (Å²) >= 11 is 0. The molecule has 130 valence electrons. The Balaban J connectivity index is 1.73. The summed E-state index contributed by atoms with van der Waals surface area (Å²) in [5.74, 6) is 8.42. The van der Waals surface area contributed by atoms with E-state index in [1.165, 1.54) is 0 Å². The molecule has 2 N–H and O–H groups in total. The summed E-state index contributed by atoms with van der Waals surface area (Å²) in [6.45, 7) is 5.70. The Morgan fingerprint density at radius 3 is 2.96 bits per heavy atom. The normalized spacial score (nSPS) is 20.3. The number of anilines is 1. The van der Waals surface area contributed by atoms with Gasteiger partial charge in [-0.2, -0.15) is 0 Å². The lowest BCUT2D eigenvalue weighted by atomic mass is 10.1. The molecule has 2 heterocycles. The molecule has 0 spiro atoms. The molecular formula is C18H27N5O. The van der Waals surface area contributed by atoms with Crippen LogP contribution in [0.3, 0.4) is 0 Å². The maximum Gasteiger partial charge on any atom is 0.237 e. The second-order valence-electron chi connectivity index (χ2n) is 6.42. The molecule has 1 aliphatic heterocycles. The van der Waals surface area contributed by atoms with Crippen molar-refractivity contribution in [3.8, 4) is 11.8 Å². The van der Waals surface area contributed by atoms with E-state index in [0.717, 1.165) is 43.0 Å². The van der Waals surface area contributed by atoms with Crippen molar-refractivity contribution in [1.82, 2.24) is 20.2 Å². The number of hydrogen-bond acceptors (Lipinski definition) is 5. The van der Waals surface area contributed by atoms with Gasteiger partial charge in [0, 0.05) is 32.8 Å². The van der Waals surface area contributed by atoms with E-state index in [2.05, 4.69) is 44.3 Å². The predicted octanol–water partition coefficient (Wildman–Crippen LogP) is 1.41. The Labute approximate surface area is 144 Å². The SMILES string of the molecule is CNc1nc(C)ncc1C#CCCCNC(=O)C1C[C@H](C)CN1C. The summed E-state index contributed by atoms with van der Waals surface area (Å²) < 4.78 is 0. The molecule has 1 aromatic rings. The van der Waals surface area contributed by atoms with Crippen molar-refractivity contribution in [2.24, 2.45) is 5.92 Å². The first-order valence-electron chi connectivity index (χ1n) is 8.49. The molecule has 1 aliphatic rings. The number of carbonyl (C=O) groups is 1. The average molecular weight is 329 g/mol. The Hall–Kier alpha value is -2.13. The van der Waals surface area contributed by atoms with E-state index in [1.54, 1.807) is 6.20 Å². The maximum absolute atomic E-state index is 12.2. The zero-order chi connectivity index (χ0) is 17.5. The summed E-state index contributed by atoms with van der Waals surface area (Å²) in [7, 11) is 3.84. The van der Waals surface area contributed by atoms with Crippen LogP contribution < -0.4 is 10.6 Å². The number of nitrogens with zero attached hydrogens (tertiary/aromatic N) is 3. The van der Waals surface area contributed by atoms with Gasteiger partial charge in [-0.3, -0.25) is 9.69 Å². The molecule has 1 unspecified atom stereocenters. The van der Waals surface area contributed by atoms with Crippen molar-refractivity contribution < 1.29 is 4.79 Å². The van der Waals surface area contributed by atoms with Gasteiger partial charge in [0.2, 0.25) is 5.91 Å². The van der Waals surface area contributed by atoms with Crippen LogP contribution in [-0.2, 0) is 4.79 Å². The lowest BCUT2D eigenvalue weighted by Crippen LogP contribution is -2.41. The molecule has 6 heteroatoms. The lowest BCUT2D eigenvalue weighted by molar-refractivity contribution is -0.125. The second kappa shape index (κ2) is 8.65. The first-order valence-corrected chi connectivity index (χ1v) is 8.49. The molecule has 0 saturated carbocycles. The third-order valence-corrected chi connectivity index (χ3v) is 4.21. The monoisotopic (exact) mass is 329 g/mol. The van der Waals surface area contributed by atoms with Crippen molar-refractivity contribution in [2.45, 2.75) is 39.2 Å². The van der Waals surface area contributed by atoms with Gasteiger partial charge in [-0.15, -0.1) is 0 Å². The van der Waals surface area contributed by atoms with Crippen molar-refractivity contribution >= 4 is 11.7 Å². The molecule has 0 bridgehead atoms. The lowest BCUT2D eigenvalue weighted by Gasteiger charge is -2.18. The Morgan fingerprint density at radius 2 is 2.29 bits per heavy atom. The fourth-order valence-electron chi connectivity index (χ4n) is 2.98. The smallest absolute Gasteiger partial charge is 0.237 e. The van der Waals surface area contributed by atoms with Crippen molar-refractivity contribution in [2.75, 3.05) is 32.5 Å². The minimum atomic E-state index is 0.0222. The molecule has 0 aliphatic carbocycles. The van der Waals surface area contributed by atoms with E-state index < -0.39 is 0 Å². The number of unbranched alkanes of at least 4 members (excludes halogenated alkanes) is 1. The number of amides is 1. The third kappa shape index (κ3) is 4.93. The number of aromatic nitrogens is 2. The molecule has 1 saturated heterocycles. The largest absolute Gasteiger partial charge is 0.372 e. The van der Waals surface area contributed by atoms with Gasteiger partial charge in [0.15, 0.2) is 0 Å². The summed E-state index contributed by atoms with van der Waals surface area (Å²) in [5.41, 5.74) is 0.800. The van der Waals surface area contributed by atoms with Crippen LogP contribution >= 0.6 is 0 Å². The molecule has 0 aromatic carbocycles. The van der Waals surface area contributed by atoms with Crippen LogP contribution in [0.25, 0.3) is 0 Å². The van der Waals surface area contributed by atoms with Gasteiger partial charge in [0.1, 0.15) is 11.6 Å². The summed E-state index contributed by atoms with van der Waals surface area (Å²) in [4.78, 5) is 22.8. The molecule has 1 aromatic heterocycles. The molecule has 2 rings (SSSR count). The van der Waals surface area contributed by atoms with E-state index >= 15 is 0 Å². The fourth-order valence-corrected chi connectivity index (χ4v) is 2.98. The highest BCUT2D eigenvalue weighted by molar-refractivity contribution is 5.82.